The first-order chi connectivity index (χ1) is 8.61. The van der Waals surface area contributed by atoms with Crippen LogP contribution in [0.4, 0.5) is 10.1 Å². The molecule has 1 saturated heterocycles. The molecule has 19 heavy (non-hydrogen) atoms. The molecule has 0 bridgehead atoms. The molecule has 1 aromatic rings. The van der Waals surface area contributed by atoms with E-state index < -0.39 is 11.4 Å². The maximum atomic E-state index is 13.9. The highest BCUT2D eigenvalue weighted by Crippen LogP contribution is 2.40. The van der Waals surface area contributed by atoms with Gasteiger partial charge < -0.3 is 15.2 Å². The molecule has 0 aromatic heterocycles. The summed E-state index contributed by atoms with van der Waals surface area (Å²) in [5, 5.41) is 0. The summed E-state index contributed by atoms with van der Waals surface area (Å²) in [5.41, 5.74) is 6.23. The van der Waals surface area contributed by atoms with E-state index in [9.17, 15) is 4.39 Å². The summed E-state index contributed by atoms with van der Waals surface area (Å²) in [7, 11) is 0. The Morgan fingerprint density at radius 1 is 1.32 bits per heavy atom. The Hall–Kier alpha value is -1.29. The van der Waals surface area contributed by atoms with Gasteiger partial charge in [-0.05, 0) is 46.2 Å². The largest absolute Gasteiger partial charge is 0.484 e. The predicted molar refractivity (Wildman–Crippen MR) is 73.8 cm³/mol. The smallest absolute Gasteiger partial charge is 0.167 e. The fourth-order valence-electron chi connectivity index (χ4n) is 2.61. The van der Waals surface area contributed by atoms with E-state index in [1.54, 1.807) is 6.07 Å². The number of benzene rings is 1. The van der Waals surface area contributed by atoms with Crippen LogP contribution in [0, 0.1) is 12.7 Å². The zero-order chi connectivity index (χ0) is 14.4. The van der Waals surface area contributed by atoms with E-state index in [0.29, 0.717) is 5.69 Å². The van der Waals surface area contributed by atoms with E-state index in [1.165, 1.54) is 6.07 Å². The first-order valence-corrected chi connectivity index (χ1v) is 6.53. The molecule has 0 spiro atoms. The lowest BCUT2D eigenvalue weighted by atomic mass is 9.97. The minimum atomic E-state index is -0.439. The highest BCUT2D eigenvalue weighted by atomic mass is 19.1. The molecule has 1 heterocycles. The van der Waals surface area contributed by atoms with Crippen molar-refractivity contribution < 1.29 is 13.9 Å². The summed E-state index contributed by atoms with van der Waals surface area (Å²) in [6, 6.07) is 2.95. The van der Waals surface area contributed by atoms with Gasteiger partial charge in [-0.1, -0.05) is 0 Å². The third-order valence-electron chi connectivity index (χ3n) is 3.58. The molecule has 0 saturated carbocycles. The van der Waals surface area contributed by atoms with Gasteiger partial charge in [-0.15, -0.1) is 0 Å². The Labute approximate surface area is 113 Å². The summed E-state index contributed by atoms with van der Waals surface area (Å²) >= 11 is 0. The van der Waals surface area contributed by atoms with E-state index in [2.05, 4.69) is 0 Å². The van der Waals surface area contributed by atoms with Gasteiger partial charge in [-0.25, -0.2) is 4.39 Å². The molecular weight excluding hydrogens is 245 g/mol. The highest BCUT2D eigenvalue weighted by molar-refractivity contribution is 5.50. The molecule has 3 nitrogen and oxygen atoms in total. The fraction of sp³-hybridized carbons (Fsp3) is 0.600. The zero-order valence-corrected chi connectivity index (χ0v) is 12.2. The maximum absolute atomic E-state index is 13.9. The third kappa shape index (κ3) is 2.84. The standard InChI is InChI=1S/C15H22FNO2/c1-9-6-12(10(16)7-11(9)17)18-13-8-14(2,3)19-15(13,4)5/h6-7,13H,8,17H2,1-5H3. The van der Waals surface area contributed by atoms with Crippen molar-refractivity contribution >= 4 is 5.69 Å². The molecule has 1 fully saturated rings. The molecule has 0 amide bonds. The lowest BCUT2D eigenvalue weighted by Crippen LogP contribution is -2.36. The SMILES string of the molecule is Cc1cc(OC2CC(C)(C)OC2(C)C)c(F)cc1N. The van der Waals surface area contributed by atoms with Crippen LogP contribution >= 0.6 is 0 Å². The Balaban J connectivity index is 2.25. The van der Waals surface area contributed by atoms with Gasteiger partial charge in [0.15, 0.2) is 11.6 Å². The molecule has 1 aliphatic heterocycles. The summed E-state index contributed by atoms with van der Waals surface area (Å²) in [5.74, 6) is -0.185. The van der Waals surface area contributed by atoms with Crippen molar-refractivity contribution in [3.8, 4) is 5.75 Å². The number of nitrogens with two attached hydrogens (primary N) is 1. The molecule has 0 aliphatic carbocycles. The van der Waals surface area contributed by atoms with Crippen LogP contribution in [-0.4, -0.2) is 17.3 Å². The van der Waals surface area contributed by atoms with Crippen LogP contribution in [0.5, 0.6) is 5.75 Å². The lowest BCUT2D eigenvalue weighted by Gasteiger charge is -2.27. The predicted octanol–water partition coefficient (Wildman–Crippen LogP) is 3.44. The zero-order valence-electron chi connectivity index (χ0n) is 12.2. The second kappa shape index (κ2) is 4.37. The first kappa shape index (κ1) is 14.1. The number of halogens is 1. The van der Waals surface area contributed by atoms with Crippen LogP contribution in [0.2, 0.25) is 0 Å². The van der Waals surface area contributed by atoms with Crippen LogP contribution in [0.1, 0.15) is 39.7 Å². The highest BCUT2D eigenvalue weighted by Gasteiger charge is 2.47. The van der Waals surface area contributed by atoms with Gasteiger partial charge in [0.05, 0.1) is 5.60 Å². The van der Waals surface area contributed by atoms with Crippen molar-refractivity contribution in [2.45, 2.75) is 58.3 Å². The molecule has 106 valence electrons. The monoisotopic (exact) mass is 267 g/mol. The van der Waals surface area contributed by atoms with Crippen molar-refractivity contribution in [3.63, 3.8) is 0 Å². The summed E-state index contributed by atoms with van der Waals surface area (Å²) < 4.78 is 25.7. The second-order valence-electron chi connectivity index (χ2n) is 6.42. The maximum Gasteiger partial charge on any atom is 0.167 e. The molecule has 1 aromatic carbocycles. The molecule has 1 atom stereocenters. The van der Waals surface area contributed by atoms with Crippen molar-refractivity contribution in [2.75, 3.05) is 5.73 Å². The lowest BCUT2D eigenvalue weighted by molar-refractivity contribution is -0.0849. The van der Waals surface area contributed by atoms with Crippen LogP contribution < -0.4 is 10.5 Å². The van der Waals surface area contributed by atoms with E-state index in [4.69, 9.17) is 15.2 Å². The summed E-state index contributed by atoms with van der Waals surface area (Å²) in [6.07, 6.45) is 0.545. The number of nitrogen functional groups attached to an aromatic ring is 1. The summed E-state index contributed by atoms with van der Waals surface area (Å²) in [6.45, 7) is 9.80. The normalized spacial score (nSPS) is 24.4. The molecule has 2 rings (SSSR count). The summed E-state index contributed by atoms with van der Waals surface area (Å²) in [4.78, 5) is 0. The molecule has 2 N–H and O–H groups in total. The van der Waals surface area contributed by atoms with Crippen LogP contribution in [0.3, 0.4) is 0 Å². The average molecular weight is 267 g/mol. The Morgan fingerprint density at radius 2 is 1.95 bits per heavy atom. The number of hydrogen-bond acceptors (Lipinski definition) is 3. The van der Waals surface area contributed by atoms with Gasteiger partial charge in [-0.3, -0.25) is 0 Å². The fourth-order valence-corrected chi connectivity index (χ4v) is 2.61. The third-order valence-corrected chi connectivity index (χ3v) is 3.58. The number of rotatable bonds is 2. The van der Waals surface area contributed by atoms with Crippen LogP contribution in [-0.2, 0) is 4.74 Å². The van der Waals surface area contributed by atoms with E-state index in [-0.39, 0.29) is 17.5 Å². The van der Waals surface area contributed by atoms with E-state index >= 15 is 0 Å². The average Bonchev–Trinajstić information content (AvgIpc) is 2.43. The number of hydrogen-bond donors (Lipinski definition) is 1. The molecular formula is C15H22FNO2. The van der Waals surface area contributed by atoms with Gasteiger partial charge in [-0.2, -0.15) is 0 Å². The minimum Gasteiger partial charge on any atom is -0.484 e. The van der Waals surface area contributed by atoms with Gasteiger partial charge in [0.1, 0.15) is 11.7 Å². The van der Waals surface area contributed by atoms with Gasteiger partial charge in [0.2, 0.25) is 0 Å². The second-order valence-corrected chi connectivity index (χ2v) is 6.42. The van der Waals surface area contributed by atoms with Gasteiger partial charge in [0.25, 0.3) is 0 Å². The molecule has 0 radical (unpaired) electrons. The van der Waals surface area contributed by atoms with Crippen molar-refractivity contribution in [1.29, 1.82) is 0 Å². The minimum absolute atomic E-state index is 0.181. The Bertz CT molecular complexity index is 497. The number of aryl methyl sites for hydroxylation is 1. The van der Waals surface area contributed by atoms with Crippen molar-refractivity contribution in [1.82, 2.24) is 0 Å². The quantitative estimate of drug-likeness (QED) is 0.835. The Morgan fingerprint density at radius 3 is 2.47 bits per heavy atom. The topological polar surface area (TPSA) is 44.5 Å². The number of anilines is 1. The Kier molecular flexibility index (Phi) is 3.25. The van der Waals surface area contributed by atoms with Gasteiger partial charge >= 0.3 is 0 Å². The van der Waals surface area contributed by atoms with E-state index in [0.717, 1.165) is 12.0 Å². The number of ether oxygens (including phenoxy) is 2. The molecule has 1 unspecified atom stereocenters. The van der Waals surface area contributed by atoms with Gasteiger partial charge in [0, 0.05) is 18.2 Å². The van der Waals surface area contributed by atoms with Crippen molar-refractivity contribution in [3.05, 3.63) is 23.5 Å². The van der Waals surface area contributed by atoms with Crippen LogP contribution in [0.15, 0.2) is 12.1 Å². The molecule has 1 aliphatic rings. The first-order valence-electron chi connectivity index (χ1n) is 6.53. The van der Waals surface area contributed by atoms with E-state index in [1.807, 2.05) is 34.6 Å². The van der Waals surface area contributed by atoms with Crippen molar-refractivity contribution in [2.24, 2.45) is 0 Å². The van der Waals surface area contributed by atoms with Crippen LogP contribution in [0.25, 0.3) is 0 Å². The molecule has 4 heteroatoms.